The summed E-state index contributed by atoms with van der Waals surface area (Å²) in [5.74, 6) is 0.237. The first-order valence-corrected chi connectivity index (χ1v) is 5.97. The van der Waals surface area contributed by atoms with E-state index < -0.39 is 0 Å². The molecule has 1 fully saturated rings. The second-order valence-electron chi connectivity index (χ2n) is 4.53. The van der Waals surface area contributed by atoms with Gasteiger partial charge in [0.25, 0.3) is 5.91 Å². The van der Waals surface area contributed by atoms with E-state index in [0.717, 1.165) is 19.4 Å². The number of rotatable bonds is 1. The molecule has 0 unspecified atom stereocenters. The minimum Gasteiger partial charge on any atom is -0.504 e. The van der Waals surface area contributed by atoms with Gasteiger partial charge < -0.3 is 14.7 Å². The standard InChI is InChI=1S/C13H14N2O3/c1-18-12-6-10-9(5-11(12)16)13(17)15-4-2-3-8(15)7-14-10/h5-8,16H,2-4H2,1H3/t8-/m0/s1. The van der Waals surface area contributed by atoms with E-state index >= 15 is 0 Å². The minimum absolute atomic E-state index is 0.0301. The fourth-order valence-corrected chi connectivity index (χ4v) is 2.52. The van der Waals surface area contributed by atoms with E-state index in [1.54, 1.807) is 11.0 Å². The molecule has 0 saturated carbocycles. The molecule has 0 bridgehead atoms. The van der Waals surface area contributed by atoms with Crippen molar-refractivity contribution in [1.82, 2.24) is 4.90 Å². The van der Waals surface area contributed by atoms with Crippen LogP contribution in [0.15, 0.2) is 17.1 Å². The third-order valence-corrected chi connectivity index (χ3v) is 3.47. The average molecular weight is 246 g/mol. The smallest absolute Gasteiger partial charge is 0.256 e. The van der Waals surface area contributed by atoms with Gasteiger partial charge in [0.15, 0.2) is 11.5 Å². The Morgan fingerprint density at radius 2 is 2.33 bits per heavy atom. The van der Waals surface area contributed by atoms with Gasteiger partial charge in [-0.1, -0.05) is 0 Å². The van der Waals surface area contributed by atoms with Crippen molar-refractivity contribution in [2.24, 2.45) is 4.99 Å². The van der Waals surface area contributed by atoms with Crippen LogP contribution in [0.4, 0.5) is 5.69 Å². The first kappa shape index (κ1) is 11.1. The lowest BCUT2D eigenvalue weighted by Crippen LogP contribution is -2.35. The van der Waals surface area contributed by atoms with Crippen LogP contribution in [0.5, 0.6) is 11.5 Å². The van der Waals surface area contributed by atoms with E-state index in [1.165, 1.54) is 13.2 Å². The van der Waals surface area contributed by atoms with Crippen molar-refractivity contribution < 1.29 is 14.6 Å². The lowest BCUT2D eigenvalue weighted by Gasteiger charge is -2.20. The molecular formula is C13H14N2O3. The molecule has 18 heavy (non-hydrogen) atoms. The van der Waals surface area contributed by atoms with E-state index in [1.807, 2.05) is 6.21 Å². The van der Waals surface area contributed by atoms with Crippen LogP contribution in [0.25, 0.3) is 0 Å². The maximum absolute atomic E-state index is 12.4. The number of phenolic OH excluding ortho intramolecular Hbond substituents is 1. The fourth-order valence-electron chi connectivity index (χ4n) is 2.52. The molecule has 5 nitrogen and oxygen atoms in total. The molecule has 1 aromatic carbocycles. The number of fused-ring (bicyclic) bond motifs is 2. The van der Waals surface area contributed by atoms with Gasteiger partial charge in [-0.25, -0.2) is 0 Å². The monoisotopic (exact) mass is 246 g/mol. The van der Waals surface area contributed by atoms with Gasteiger partial charge in [-0.2, -0.15) is 0 Å². The van der Waals surface area contributed by atoms with Crippen LogP contribution in [-0.4, -0.2) is 41.8 Å². The van der Waals surface area contributed by atoms with E-state index in [2.05, 4.69) is 4.99 Å². The summed E-state index contributed by atoms with van der Waals surface area (Å²) >= 11 is 0. The summed E-state index contributed by atoms with van der Waals surface area (Å²) in [5.41, 5.74) is 0.998. The molecular weight excluding hydrogens is 232 g/mol. The van der Waals surface area contributed by atoms with Crippen LogP contribution >= 0.6 is 0 Å². The lowest BCUT2D eigenvalue weighted by atomic mass is 10.1. The highest BCUT2D eigenvalue weighted by Crippen LogP contribution is 2.36. The Morgan fingerprint density at radius 3 is 3.11 bits per heavy atom. The zero-order chi connectivity index (χ0) is 12.7. The molecule has 2 aliphatic rings. The highest BCUT2D eigenvalue weighted by Gasteiger charge is 2.32. The van der Waals surface area contributed by atoms with Gasteiger partial charge in [-0.15, -0.1) is 0 Å². The Labute approximate surface area is 105 Å². The average Bonchev–Trinajstić information content (AvgIpc) is 2.80. The molecule has 1 N–H and O–H groups in total. The fraction of sp³-hybridized carbons (Fsp3) is 0.385. The molecule has 0 radical (unpaired) electrons. The molecule has 5 heteroatoms. The molecule has 0 aromatic heterocycles. The van der Waals surface area contributed by atoms with E-state index in [4.69, 9.17) is 4.74 Å². The van der Waals surface area contributed by atoms with Crippen molar-refractivity contribution >= 4 is 17.8 Å². The van der Waals surface area contributed by atoms with E-state index in [9.17, 15) is 9.90 Å². The number of nitrogens with zero attached hydrogens (tertiary/aromatic N) is 2. The number of phenols is 1. The Kier molecular flexibility index (Phi) is 2.47. The quantitative estimate of drug-likeness (QED) is 0.820. The molecule has 1 amide bonds. The normalized spacial score (nSPS) is 21.5. The van der Waals surface area contributed by atoms with E-state index in [0.29, 0.717) is 17.0 Å². The van der Waals surface area contributed by atoms with Crippen LogP contribution in [0.1, 0.15) is 23.2 Å². The Hall–Kier alpha value is -2.04. The van der Waals surface area contributed by atoms with Gasteiger partial charge in [-0.05, 0) is 18.9 Å². The van der Waals surface area contributed by atoms with Gasteiger partial charge in [0.05, 0.1) is 24.4 Å². The SMILES string of the molecule is COc1cc2c(cc1O)C(=O)N1CCC[C@H]1C=N2. The molecule has 1 aromatic rings. The first-order valence-electron chi connectivity index (χ1n) is 5.97. The predicted molar refractivity (Wildman–Crippen MR) is 66.9 cm³/mol. The van der Waals surface area contributed by atoms with Crippen molar-refractivity contribution in [3.8, 4) is 11.5 Å². The number of carbonyl (C=O) groups excluding carboxylic acids is 1. The summed E-state index contributed by atoms with van der Waals surface area (Å²) < 4.78 is 5.03. The Morgan fingerprint density at radius 1 is 1.50 bits per heavy atom. The third kappa shape index (κ3) is 1.54. The Bertz CT molecular complexity index is 539. The molecule has 94 valence electrons. The third-order valence-electron chi connectivity index (χ3n) is 3.47. The zero-order valence-corrected chi connectivity index (χ0v) is 10.1. The van der Waals surface area contributed by atoms with Crippen molar-refractivity contribution in [2.45, 2.75) is 18.9 Å². The number of ether oxygens (including phenoxy) is 1. The minimum atomic E-state index is -0.0667. The van der Waals surface area contributed by atoms with Crippen molar-refractivity contribution in [3.05, 3.63) is 17.7 Å². The van der Waals surface area contributed by atoms with Crippen LogP contribution < -0.4 is 4.74 Å². The second-order valence-corrected chi connectivity index (χ2v) is 4.53. The lowest BCUT2D eigenvalue weighted by molar-refractivity contribution is 0.0774. The summed E-state index contributed by atoms with van der Waals surface area (Å²) in [6.07, 6.45) is 3.76. The Balaban J connectivity index is 2.12. The summed E-state index contributed by atoms with van der Waals surface area (Å²) in [5, 5.41) is 9.77. The highest BCUT2D eigenvalue weighted by molar-refractivity contribution is 6.03. The van der Waals surface area contributed by atoms with Gasteiger partial charge in [0.1, 0.15) is 0 Å². The van der Waals surface area contributed by atoms with E-state index in [-0.39, 0.29) is 17.7 Å². The molecule has 0 spiro atoms. The van der Waals surface area contributed by atoms with Gasteiger partial charge in [0, 0.05) is 18.8 Å². The second kappa shape index (κ2) is 4.01. The molecule has 0 aliphatic carbocycles. The van der Waals surface area contributed by atoms with Crippen molar-refractivity contribution in [3.63, 3.8) is 0 Å². The van der Waals surface area contributed by atoms with Gasteiger partial charge >= 0.3 is 0 Å². The number of methoxy groups -OCH3 is 1. The van der Waals surface area contributed by atoms with Crippen LogP contribution in [-0.2, 0) is 0 Å². The van der Waals surface area contributed by atoms with Crippen LogP contribution in [0.3, 0.4) is 0 Å². The molecule has 2 aliphatic heterocycles. The van der Waals surface area contributed by atoms with Gasteiger partial charge in [-0.3, -0.25) is 9.79 Å². The summed E-state index contributed by atoms with van der Waals surface area (Å²) in [7, 11) is 1.47. The number of aliphatic imine (C=N–C) groups is 1. The number of benzene rings is 1. The zero-order valence-electron chi connectivity index (χ0n) is 10.1. The van der Waals surface area contributed by atoms with Gasteiger partial charge in [0.2, 0.25) is 0 Å². The topological polar surface area (TPSA) is 62.1 Å². The molecule has 1 saturated heterocycles. The van der Waals surface area contributed by atoms with Crippen molar-refractivity contribution in [1.29, 1.82) is 0 Å². The van der Waals surface area contributed by atoms with Crippen LogP contribution in [0, 0.1) is 0 Å². The predicted octanol–water partition coefficient (Wildman–Crippen LogP) is 1.72. The molecule has 2 heterocycles. The number of amides is 1. The maximum atomic E-state index is 12.4. The number of carbonyl (C=O) groups is 1. The highest BCUT2D eigenvalue weighted by atomic mass is 16.5. The number of hydrogen-bond donors (Lipinski definition) is 1. The van der Waals surface area contributed by atoms with Crippen LogP contribution in [0.2, 0.25) is 0 Å². The first-order chi connectivity index (χ1) is 8.70. The number of aromatic hydroxyl groups is 1. The number of hydrogen-bond acceptors (Lipinski definition) is 4. The van der Waals surface area contributed by atoms with Crippen molar-refractivity contribution in [2.75, 3.05) is 13.7 Å². The summed E-state index contributed by atoms with van der Waals surface area (Å²) in [6.45, 7) is 0.752. The molecule has 1 atom stereocenters. The largest absolute Gasteiger partial charge is 0.504 e. The maximum Gasteiger partial charge on any atom is 0.256 e. The summed E-state index contributed by atoms with van der Waals surface area (Å²) in [4.78, 5) is 18.5. The summed E-state index contributed by atoms with van der Waals surface area (Å²) in [6, 6.07) is 3.12. The molecule has 3 rings (SSSR count).